The van der Waals surface area contributed by atoms with Gasteiger partial charge in [-0.2, -0.15) is 0 Å². The van der Waals surface area contributed by atoms with E-state index in [1.807, 2.05) is 0 Å². The van der Waals surface area contributed by atoms with E-state index in [4.69, 9.17) is 10.6 Å². The second kappa shape index (κ2) is 6.10. The number of carboxylic acids is 1. The lowest BCUT2D eigenvalue weighted by atomic mass is 10.0. The highest BCUT2D eigenvalue weighted by Crippen LogP contribution is 2.23. The summed E-state index contributed by atoms with van der Waals surface area (Å²) in [5, 5.41) is 30.5. The molecular weight excluding hydrogens is 264 g/mol. The molecule has 102 valence electrons. The standard InChI is InChI=1S/C10H9F2N3O4/c11-5-1-4(2-6(12)8(5)10(18)19)9(17)7(16)3-14-15-13/h1-2,7,9,16-17H,3H2,(H,18,19). The molecule has 9 heteroatoms. The van der Waals surface area contributed by atoms with Crippen molar-refractivity contribution in [3.63, 3.8) is 0 Å². The van der Waals surface area contributed by atoms with Crippen LogP contribution in [-0.4, -0.2) is 33.9 Å². The van der Waals surface area contributed by atoms with Crippen molar-refractivity contribution < 1.29 is 28.9 Å². The van der Waals surface area contributed by atoms with Crippen LogP contribution >= 0.6 is 0 Å². The van der Waals surface area contributed by atoms with Crippen LogP contribution in [0.2, 0.25) is 0 Å². The predicted octanol–water partition coefficient (Wildman–Crippen LogP) is 1.37. The zero-order valence-electron chi connectivity index (χ0n) is 9.36. The molecule has 0 saturated carbocycles. The van der Waals surface area contributed by atoms with Crippen molar-refractivity contribution in [2.24, 2.45) is 5.11 Å². The maximum atomic E-state index is 13.3. The van der Waals surface area contributed by atoms with Crippen LogP contribution in [-0.2, 0) is 0 Å². The molecule has 0 saturated heterocycles. The second-order valence-corrected chi connectivity index (χ2v) is 3.59. The number of rotatable bonds is 5. The third-order valence-corrected chi connectivity index (χ3v) is 2.32. The molecule has 3 N–H and O–H groups in total. The minimum Gasteiger partial charge on any atom is -0.477 e. The fourth-order valence-electron chi connectivity index (χ4n) is 1.41. The first-order valence-electron chi connectivity index (χ1n) is 4.97. The quantitative estimate of drug-likeness (QED) is 0.425. The molecule has 1 aromatic carbocycles. The fraction of sp³-hybridized carbons (Fsp3) is 0.300. The summed E-state index contributed by atoms with van der Waals surface area (Å²) in [6.45, 7) is -0.498. The lowest BCUT2D eigenvalue weighted by molar-refractivity contribution is 0.0240. The summed E-state index contributed by atoms with van der Waals surface area (Å²) in [6.07, 6.45) is -3.28. The molecule has 2 atom stereocenters. The van der Waals surface area contributed by atoms with Crippen LogP contribution < -0.4 is 0 Å². The molecule has 0 amide bonds. The highest BCUT2D eigenvalue weighted by Gasteiger charge is 2.23. The predicted molar refractivity (Wildman–Crippen MR) is 58.3 cm³/mol. The average molecular weight is 273 g/mol. The Balaban J connectivity index is 3.09. The first kappa shape index (κ1) is 14.8. The molecule has 1 aromatic rings. The van der Waals surface area contributed by atoms with Gasteiger partial charge in [0.05, 0.1) is 12.6 Å². The van der Waals surface area contributed by atoms with Crippen molar-refractivity contribution in [1.82, 2.24) is 0 Å². The van der Waals surface area contributed by atoms with Gasteiger partial charge in [-0.1, -0.05) is 5.11 Å². The maximum Gasteiger partial charge on any atom is 0.341 e. The van der Waals surface area contributed by atoms with Gasteiger partial charge in [0.25, 0.3) is 0 Å². The lowest BCUT2D eigenvalue weighted by Crippen LogP contribution is -2.22. The Morgan fingerprint density at radius 2 is 1.89 bits per heavy atom. The third kappa shape index (κ3) is 3.38. The summed E-state index contributed by atoms with van der Waals surface area (Å²) in [4.78, 5) is 12.9. The number of aliphatic hydroxyl groups excluding tert-OH is 2. The van der Waals surface area contributed by atoms with Crippen LogP contribution in [0.15, 0.2) is 17.2 Å². The number of carboxylic acid groups (broad SMARTS) is 1. The van der Waals surface area contributed by atoms with E-state index >= 15 is 0 Å². The number of hydrogen-bond donors (Lipinski definition) is 3. The second-order valence-electron chi connectivity index (χ2n) is 3.59. The van der Waals surface area contributed by atoms with E-state index in [-0.39, 0.29) is 5.56 Å². The lowest BCUT2D eigenvalue weighted by Gasteiger charge is -2.16. The number of azide groups is 1. The number of benzene rings is 1. The van der Waals surface area contributed by atoms with Crippen molar-refractivity contribution in [2.45, 2.75) is 12.2 Å². The number of aliphatic hydroxyl groups is 2. The zero-order valence-corrected chi connectivity index (χ0v) is 9.36. The molecule has 0 heterocycles. The minimum absolute atomic E-state index is 0.361. The SMILES string of the molecule is [N-]=[N+]=NCC(O)C(O)c1cc(F)c(C(=O)O)c(F)c1. The Labute approximate surface area is 105 Å². The van der Waals surface area contributed by atoms with Crippen LogP contribution in [0.5, 0.6) is 0 Å². The van der Waals surface area contributed by atoms with Gasteiger partial charge in [-0.25, -0.2) is 13.6 Å². The van der Waals surface area contributed by atoms with Crippen molar-refractivity contribution in [3.8, 4) is 0 Å². The number of hydrogen-bond acceptors (Lipinski definition) is 4. The Kier molecular flexibility index (Phi) is 4.76. The Morgan fingerprint density at radius 3 is 2.32 bits per heavy atom. The van der Waals surface area contributed by atoms with E-state index in [1.165, 1.54) is 0 Å². The molecule has 1 rings (SSSR count). The van der Waals surface area contributed by atoms with E-state index in [0.717, 1.165) is 0 Å². The van der Waals surface area contributed by atoms with E-state index < -0.39 is 41.9 Å². The van der Waals surface area contributed by atoms with Crippen LogP contribution in [0.4, 0.5) is 8.78 Å². The molecule has 0 aliphatic rings. The van der Waals surface area contributed by atoms with Gasteiger partial charge in [0.15, 0.2) is 0 Å². The van der Waals surface area contributed by atoms with E-state index in [0.29, 0.717) is 12.1 Å². The number of halogens is 2. The van der Waals surface area contributed by atoms with E-state index in [2.05, 4.69) is 10.0 Å². The summed E-state index contributed by atoms with van der Waals surface area (Å²) in [7, 11) is 0. The van der Waals surface area contributed by atoms with E-state index in [9.17, 15) is 23.8 Å². The number of aromatic carboxylic acids is 1. The van der Waals surface area contributed by atoms with Gasteiger partial charge < -0.3 is 15.3 Å². The first-order chi connectivity index (χ1) is 8.88. The Bertz CT molecular complexity index is 523. The molecule has 0 aliphatic carbocycles. The van der Waals surface area contributed by atoms with Gasteiger partial charge in [0.2, 0.25) is 0 Å². The molecule has 19 heavy (non-hydrogen) atoms. The molecule has 0 radical (unpaired) electrons. The van der Waals surface area contributed by atoms with Crippen LogP contribution in [0.1, 0.15) is 22.0 Å². The molecule has 0 spiro atoms. The monoisotopic (exact) mass is 273 g/mol. The van der Waals surface area contributed by atoms with Gasteiger partial charge in [-0.05, 0) is 23.2 Å². The van der Waals surface area contributed by atoms with Crippen LogP contribution in [0.25, 0.3) is 10.4 Å². The maximum absolute atomic E-state index is 13.3. The summed E-state index contributed by atoms with van der Waals surface area (Å²) in [6, 6.07) is 1.19. The zero-order chi connectivity index (χ0) is 14.6. The van der Waals surface area contributed by atoms with Crippen molar-refractivity contribution in [2.75, 3.05) is 6.54 Å². The molecule has 0 aromatic heterocycles. The fourth-order valence-corrected chi connectivity index (χ4v) is 1.41. The molecule has 7 nitrogen and oxygen atoms in total. The molecular formula is C10H9F2N3O4. The number of nitrogens with zero attached hydrogens (tertiary/aromatic N) is 3. The van der Waals surface area contributed by atoms with Crippen molar-refractivity contribution in [1.29, 1.82) is 0 Å². The van der Waals surface area contributed by atoms with E-state index in [1.54, 1.807) is 0 Å². The van der Waals surface area contributed by atoms with Gasteiger partial charge >= 0.3 is 5.97 Å². The first-order valence-corrected chi connectivity index (χ1v) is 4.97. The number of carbonyl (C=O) groups is 1. The largest absolute Gasteiger partial charge is 0.477 e. The normalized spacial score (nSPS) is 13.5. The van der Waals surface area contributed by atoms with Gasteiger partial charge in [-0.3, -0.25) is 0 Å². The van der Waals surface area contributed by atoms with Crippen molar-refractivity contribution in [3.05, 3.63) is 45.3 Å². The topological polar surface area (TPSA) is 127 Å². The van der Waals surface area contributed by atoms with Gasteiger partial charge in [0, 0.05) is 4.91 Å². The third-order valence-electron chi connectivity index (χ3n) is 2.32. The highest BCUT2D eigenvalue weighted by molar-refractivity contribution is 5.88. The van der Waals surface area contributed by atoms with Gasteiger partial charge in [-0.15, -0.1) is 0 Å². The smallest absolute Gasteiger partial charge is 0.341 e. The molecule has 2 unspecified atom stereocenters. The Morgan fingerprint density at radius 1 is 1.37 bits per heavy atom. The van der Waals surface area contributed by atoms with Crippen LogP contribution in [0, 0.1) is 11.6 Å². The summed E-state index contributed by atoms with van der Waals surface area (Å²) in [5.41, 5.74) is 6.52. The molecule has 0 aliphatic heterocycles. The van der Waals surface area contributed by atoms with Gasteiger partial charge in [0.1, 0.15) is 23.3 Å². The summed E-state index contributed by atoms with van der Waals surface area (Å²) >= 11 is 0. The highest BCUT2D eigenvalue weighted by atomic mass is 19.1. The average Bonchev–Trinajstić information content (AvgIpc) is 2.33. The molecule has 0 fully saturated rings. The molecule has 0 bridgehead atoms. The van der Waals surface area contributed by atoms with Crippen molar-refractivity contribution >= 4 is 5.97 Å². The summed E-state index contributed by atoms with van der Waals surface area (Å²) in [5.74, 6) is -4.54. The summed E-state index contributed by atoms with van der Waals surface area (Å²) < 4.78 is 26.7. The minimum atomic E-state index is -1.79. The Hall–Kier alpha value is -2.22. The van der Waals surface area contributed by atoms with Crippen LogP contribution in [0.3, 0.4) is 0 Å².